The first kappa shape index (κ1) is 24.3. The van der Waals surface area contributed by atoms with Crippen LogP contribution in [0.4, 0.5) is 0 Å². The van der Waals surface area contributed by atoms with Crippen molar-refractivity contribution in [1.29, 1.82) is 0 Å². The minimum absolute atomic E-state index is 0.0567. The van der Waals surface area contributed by atoms with Gasteiger partial charge in [0.2, 0.25) is 5.91 Å². The van der Waals surface area contributed by atoms with Gasteiger partial charge in [-0.1, -0.05) is 84.0 Å². The number of allylic oxidation sites excluding steroid dienone is 6. The number of hydrogen-bond acceptors (Lipinski definition) is 4. The van der Waals surface area contributed by atoms with Crippen LogP contribution in [0.25, 0.3) is 5.69 Å². The maximum Gasteiger partial charge on any atom is 0.220 e. The maximum atomic E-state index is 12.5. The number of thioether (sulfide) groups is 1. The fourth-order valence-electron chi connectivity index (χ4n) is 4.22. The van der Waals surface area contributed by atoms with Crippen LogP contribution in [-0.2, 0) is 11.2 Å². The number of aryl methyl sites for hydroxylation is 2. The molecule has 0 bridgehead atoms. The number of carbonyl (C=O) groups is 1. The molecule has 0 saturated heterocycles. The molecule has 0 radical (unpaired) electrons. The molecule has 0 saturated carbocycles. The Morgan fingerprint density at radius 1 is 1.18 bits per heavy atom. The zero-order valence-electron chi connectivity index (χ0n) is 20.2. The van der Waals surface area contributed by atoms with Crippen molar-refractivity contribution >= 4 is 17.7 Å². The van der Waals surface area contributed by atoms with Crippen molar-refractivity contribution in [3.63, 3.8) is 0 Å². The standard InChI is InChI=1S/C28H34N4OS/c1-21-11-13-25(14-12-21)32-26(15-16-27(33)29-18-17-23-8-4-3-5-9-23)30-31-28(32)34-20-24-10-6-7-22(2)19-24/h4,6-14,22H,3,5,15-20H2,1-2H3,(H,29,33). The van der Waals surface area contributed by atoms with Gasteiger partial charge in [-0.3, -0.25) is 9.36 Å². The van der Waals surface area contributed by atoms with Crippen molar-refractivity contribution in [2.45, 2.75) is 57.5 Å². The molecule has 1 atom stereocenters. The Hall–Kier alpha value is -2.86. The van der Waals surface area contributed by atoms with E-state index < -0.39 is 0 Å². The molecule has 4 rings (SSSR count). The number of benzene rings is 1. The van der Waals surface area contributed by atoms with Gasteiger partial charge in [-0.25, -0.2) is 0 Å². The summed E-state index contributed by atoms with van der Waals surface area (Å²) in [6.07, 6.45) is 18.4. The molecule has 1 heterocycles. The van der Waals surface area contributed by atoms with E-state index in [1.807, 2.05) is 0 Å². The molecule has 1 aromatic carbocycles. The second kappa shape index (κ2) is 12.0. The van der Waals surface area contributed by atoms with Crippen molar-refractivity contribution in [3.8, 4) is 5.69 Å². The average molecular weight is 475 g/mol. The van der Waals surface area contributed by atoms with Crippen molar-refractivity contribution < 1.29 is 4.79 Å². The van der Waals surface area contributed by atoms with Gasteiger partial charge in [0, 0.05) is 30.8 Å². The van der Waals surface area contributed by atoms with Gasteiger partial charge >= 0.3 is 0 Å². The number of amides is 1. The number of nitrogens with one attached hydrogen (secondary N) is 1. The molecule has 1 unspecified atom stereocenters. The van der Waals surface area contributed by atoms with Gasteiger partial charge in [-0.05, 0) is 50.7 Å². The minimum atomic E-state index is 0.0567. The van der Waals surface area contributed by atoms with Crippen LogP contribution in [0.1, 0.15) is 50.4 Å². The second-order valence-corrected chi connectivity index (χ2v) is 10.1. The lowest BCUT2D eigenvalue weighted by atomic mass is 9.97. The van der Waals surface area contributed by atoms with Crippen molar-refractivity contribution in [2.75, 3.05) is 12.3 Å². The quantitative estimate of drug-likeness (QED) is 0.435. The van der Waals surface area contributed by atoms with Crippen LogP contribution >= 0.6 is 11.8 Å². The first-order chi connectivity index (χ1) is 16.6. The summed E-state index contributed by atoms with van der Waals surface area (Å²) in [4.78, 5) is 12.5. The summed E-state index contributed by atoms with van der Waals surface area (Å²) in [6.45, 7) is 5.00. The molecule has 5 nitrogen and oxygen atoms in total. The SMILES string of the molecule is Cc1ccc(-n2c(CCC(=O)NCCC3=CCCC=C3)nnc2SCC2=CC=CC(C)C2)cc1. The molecule has 1 amide bonds. The molecule has 0 fully saturated rings. The van der Waals surface area contributed by atoms with Crippen LogP contribution in [0.2, 0.25) is 0 Å². The van der Waals surface area contributed by atoms with E-state index in [1.54, 1.807) is 11.8 Å². The van der Waals surface area contributed by atoms with E-state index in [4.69, 9.17) is 0 Å². The lowest BCUT2D eigenvalue weighted by Gasteiger charge is -2.15. The maximum absolute atomic E-state index is 12.5. The number of hydrogen-bond donors (Lipinski definition) is 1. The number of nitrogens with zero attached hydrogens (tertiary/aromatic N) is 3. The van der Waals surface area contributed by atoms with Gasteiger partial charge in [0.25, 0.3) is 0 Å². The van der Waals surface area contributed by atoms with Crippen molar-refractivity contribution in [3.05, 3.63) is 83.3 Å². The molecule has 1 aromatic heterocycles. The van der Waals surface area contributed by atoms with Crippen LogP contribution in [0.15, 0.2) is 77.0 Å². The van der Waals surface area contributed by atoms with E-state index in [0.717, 1.165) is 48.1 Å². The van der Waals surface area contributed by atoms with Gasteiger partial charge in [-0.2, -0.15) is 0 Å². The zero-order chi connectivity index (χ0) is 23.8. The molecular weight excluding hydrogens is 440 g/mol. The average Bonchev–Trinajstić information content (AvgIpc) is 3.25. The highest BCUT2D eigenvalue weighted by Crippen LogP contribution is 2.28. The molecule has 2 aromatic rings. The molecule has 1 N–H and O–H groups in total. The highest BCUT2D eigenvalue weighted by atomic mass is 32.2. The molecule has 0 spiro atoms. The third-order valence-electron chi connectivity index (χ3n) is 6.12. The van der Waals surface area contributed by atoms with E-state index in [9.17, 15) is 4.79 Å². The first-order valence-corrected chi connectivity index (χ1v) is 13.2. The molecule has 178 valence electrons. The van der Waals surface area contributed by atoms with E-state index in [-0.39, 0.29) is 5.91 Å². The molecule has 2 aliphatic carbocycles. The molecular formula is C28H34N4OS. The third-order valence-corrected chi connectivity index (χ3v) is 7.16. The summed E-state index contributed by atoms with van der Waals surface area (Å²) in [5, 5.41) is 12.9. The molecule has 6 heteroatoms. The minimum Gasteiger partial charge on any atom is -0.356 e. The monoisotopic (exact) mass is 474 g/mol. The van der Waals surface area contributed by atoms with Crippen molar-refractivity contribution in [1.82, 2.24) is 20.1 Å². The third kappa shape index (κ3) is 6.83. The number of carbonyl (C=O) groups excluding carboxylic acids is 1. The van der Waals surface area contributed by atoms with Gasteiger partial charge < -0.3 is 5.32 Å². The van der Waals surface area contributed by atoms with Gasteiger partial charge in [0.05, 0.1) is 0 Å². The van der Waals surface area contributed by atoms with Crippen molar-refractivity contribution in [2.24, 2.45) is 5.92 Å². The van der Waals surface area contributed by atoms with Crippen LogP contribution in [0.5, 0.6) is 0 Å². The molecule has 2 aliphatic rings. The zero-order valence-corrected chi connectivity index (χ0v) is 21.0. The van der Waals surface area contributed by atoms with Gasteiger partial charge in [0.15, 0.2) is 5.16 Å². The van der Waals surface area contributed by atoms with Crippen LogP contribution < -0.4 is 5.32 Å². The largest absolute Gasteiger partial charge is 0.356 e. The van der Waals surface area contributed by atoms with E-state index in [2.05, 4.69) is 94.7 Å². The molecule has 0 aliphatic heterocycles. The summed E-state index contributed by atoms with van der Waals surface area (Å²) in [6, 6.07) is 8.40. The van der Waals surface area contributed by atoms with Gasteiger partial charge in [0.1, 0.15) is 5.82 Å². The highest BCUT2D eigenvalue weighted by molar-refractivity contribution is 7.99. The molecule has 34 heavy (non-hydrogen) atoms. The summed E-state index contributed by atoms with van der Waals surface area (Å²) >= 11 is 1.71. The topological polar surface area (TPSA) is 59.8 Å². The predicted octanol–water partition coefficient (Wildman–Crippen LogP) is 5.91. The van der Waals surface area contributed by atoms with E-state index >= 15 is 0 Å². The summed E-state index contributed by atoms with van der Waals surface area (Å²) < 4.78 is 2.11. The van der Waals surface area contributed by atoms with Crippen LogP contribution in [-0.4, -0.2) is 33.0 Å². The Kier molecular flexibility index (Phi) is 8.58. The fourth-order valence-corrected chi connectivity index (χ4v) is 5.18. The lowest BCUT2D eigenvalue weighted by Crippen LogP contribution is -2.25. The summed E-state index contributed by atoms with van der Waals surface area (Å²) in [5.41, 5.74) is 4.98. The highest BCUT2D eigenvalue weighted by Gasteiger charge is 2.17. The normalized spacial score (nSPS) is 17.4. The van der Waals surface area contributed by atoms with Crippen LogP contribution in [0, 0.1) is 12.8 Å². The van der Waals surface area contributed by atoms with E-state index in [0.29, 0.717) is 25.3 Å². The Morgan fingerprint density at radius 2 is 2.03 bits per heavy atom. The summed E-state index contributed by atoms with van der Waals surface area (Å²) in [7, 11) is 0. The number of aromatic nitrogens is 3. The van der Waals surface area contributed by atoms with E-state index in [1.165, 1.54) is 16.7 Å². The fraction of sp³-hybridized carbons (Fsp3) is 0.393. The lowest BCUT2D eigenvalue weighted by molar-refractivity contribution is -0.121. The second-order valence-electron chi connectivity index (χ2n) is 9.11. The number of rotatable bonds is 10. The predicted molar refractivity (Wildman–Crippen MR) is 140 cm³/mol. The smallest absolute Gasteiger partial charge is 0.220 e. The van der Waals surface area contributed by atoms with Crippen LogP contribution in [0.3, 0.4) is 0 Å². The Bertz CT molecular complexity index is 1110. The van der Waals surface area contributed by atoms with Gasteiger partial charge in [-0.15, -0.1) is 10.2 Å². The summed E-state index contributed by atoms with van der Waals surface area (Å²) in [5.74, 6) is 2.35. The Morgan fingerprint density at radius 3 is 2.79 bits per heavy atom. The first-order valence-electron chi connectivity index (χ1n) is 12.2. The Balaban J connectivity index is 1.39. The Labute approximate surface area is 207 Å².